The van der Waals surface area contributed by atoms with Gasteiger partial charge in [-0.25, -0.2) is 9.59 Å². The summed E-state index contributed by atoms with van der Waals surface area (Å²) in [6.45, 7) is 1.63. The Hall–Kier alpha value is -1.83. The highest BCUT2D eigenvalue weighted by atomic mass is 16.5. The molecule has 2 aliphatic rings. The lowest BCUT2D eigenvalue weighted by molar-refractivity contribution is -0.154. The number of nitrogens with one attached hydrogen (secondary N) is 1. The standard InChI is InChI=1S/C13H21N3O5/c1-14-11(17)9-3-2-4-15(7-9)13(20)16-5-6-21-10(8-16)12(18)19/h9-10H,2-8H2,1H3,(H,14,17)(H,18,19). The third-order valence-corrected chi connectivity index (χ3v) is 3.92. The van der Waals surface area contributed by atoms with Gasteiger partial charge in [0.05, 0.1) is 19.1 Å². The number of hydrogen-bond acceptors (Lipinski definition) is 4. The summed E-state index contributed by atoms with van der Waals surface area (Å²) in [5.74, 6) is -1.31. The molecule has 0 aromatic heterocycles. The lowest BCUT2D eigenvalue weighted by Crippen LogP contribution is -2.55. The number of hydrogen-bond donors (Lipinski definition) is 2. The second kappa shape index (κ2) is 6.75. The fourth-order valence-corrected chi connectivity index (χ4v) is 2.74. The number of carbonyl (C=O) groups is 3. The van der Waals surface area contributed by atoms with Crippen LogP contribution in [-0.2, 0) is 14.3 Å². The topological polar surface area (TPSA) is 99.2 Å². The highest BCUT2D eigenvalue weighted by molar-refractivity contribution is 5.81. The molecule has 2 saturated heterocycles. The molecule has 2 N–H and O–H groups in total. The van der Waals surface area contributed by atoms with Gasteiger partial charge in [0.2, 0.25) is 5.91 Å². The van der Waals surface area contributed by atoms with E-state index >= 15 is 0 Å². The molecule has 118 valence electrons. The van der Waals surface area contributed by atoms with Gasteiger partial charge in [0.25, 0.3) is 0 Å². The van der Waals surface area contributed by atoms with Gasteiger partial charge in [-0.3, -0.25) is 4.79 Å². The van der Waals surface area contributed by atoms with E-state index in [1.54, 1.807) is 11.9 Å². The molecule has 2 aliphatic heterocycles. The van der Waals surface area contributed by atoms with E-state index in [0.717, 1.165) is 12.8 Å². The number of piperidine rings is 1. The maximum Gasteiger partial charge on any atom is 0.334 e. The number of likely N-dealkylation sites (tertiary alicyclic amines) is 1. The van der Waals surface area contributed by atoms with Gasteiger partial charge >= 0.3 is 12.0 Å². The number of nitrogens with zero attached hydrogens (tertiary/aromatic N) is 2. The van der Waals surface area contributed by atoms with Gasteiger partial charge in [-0.1, -0.05) is 0 Å². The van der Waals surface area contributed by atoms with Gasteiger partial charge in [0.15, 0.2) is 6.10 Å². The van der Waals surface area contributed by atoms with Crippen molar-refractivity contribution in [2.75, 3.05) is 39.8 Å². The van der Waals surface area contributed by atoms with Crippen molar-refractivity contribution in [3.05, 3.63) is 0 Å². The van der Waals surface area contributed by atoms with Crippen molar-refractivity contribution in [3.63, 3.8) is 0 Å². The SMILES string of the molecule is CNC(=O)C1CCCN(C(=O)N2CCOC(C(=O)O)C2)C1. The Morgan fingerprint density at radius 1 is 1.19 bits per heavy atom. The predicted octanol–water partition coefficient (Wildman–Crippen LogP) is -0.650. The van der Waals surface area contributed by atoms with Crippen LogP contribution in [0, 0.1) is 5.92 Å². The van der Waals surface area contributed by atoms with E-state index in [-0.39, 0.29) is 31.0 Å². The first-order chi connectivity index (χ1) is 10.0. The average Bonchev–Trinajstić information content (AvgIpc) is 2.53. The van der Waals surface area contributed by atoms with Gasteiger partial charge in [0.1, 0.15) is 0 Å². The Bertz CT molecular complexity index is 428. The number of rotatable bonds is 2. The fourth-order valence-electron chi connectivity index (χ4n) is 2.74. The van der Waals surface area contributed by atoms with E-state index in [0.29, 0.717) is 19.6 Å². The zero-order chi connectivity index (χ0) is 15.4. The van der Waals surface area contributed by atoms with E-state index in [2.05, 4.69) is 5.32 Å². The van der Waals surface area contributed by atoms with Crippen LogP contribution in [-0.4, -0.2) is 78.8 Å². The minimum absolute atomic E-state index is 0.0509. The summed E-state index contributed by atoms with van der Waals surface area (Å²) >= 11 is 0. The molecule has 0 bridgehead atoms. The molecule has 8 heteroatoms. The predicted molar refractivity (Wildman–Crippen MR) is 72.7 cm³/mol. The molecule has 2 heterocycles. The molecule has 2 unspecified atom stereocenters. The minimum Gasteiger partial charge on any atom is -0.479 e. The number of carboxylic acids is 1. The quantitative estimate of drug-likeness (QED) is 0.706. The van der Waals surface area contributed by atoms with Crippen LogP contribution in [0.2, 0.25) is 0 Å². The van der Waals surface area contributed by atoms with Gasteiger partial charge in [-0.05, 0) is 12.8 Å². The second-order valence-electron chi connectivity index (χ2n) is 5.33. The summed E-state index contributed by atoms with van der Waals surface area (Å²) in [6.07, 6.45) is 0.572. The number of morpholine rings is 1. The zero-order valence-electron chi connectivity index (χ0n) is 12.1. The Morgan fingerprint density at radius 2 is 1.90 bits per heavy atom. The van der Waals surface area contributed by atoms with E-state index in [4.69, 9.17) is 9.84 Å². The monoisotopic (exact) mass is 299 g/mol. The van der Waals surface area contributed by atoms with Crippen molar-refractivity contribution in [2.45, 2.75) is 18.9 Å². The van der Waals surface area contributed by atoms with Crippen LogP contribution in [0.4, 0.5) is 4.79 Å². The molecule has 0 aromatic carbocycles. The van der Waals surface area contributed by atoms with E-state index < -0.39 is 12.1 Å². The molecule has 3 amide bonds. The molecule has 2 atom stereocenters. The summed E-state index contributed by atoms with van der Waals surface area (Å²) in [5.41, 5.74) is 0. The first kappa shape index (κ1) is 15.6. The van der Waals surface area contributed by atoms with Gasteiger partial charge in [-0.2, -0.15) is 0 Å². The third kappa shape index (κ3) is 3.63. The number of aliphatic carboxylic acids is 1. The van der Waals surface area contributed by atoms with Crippen molar-refractivity contribution in [2.24, 2.45) is 5.92 Å². The summed E-state index contributed by atoms with van der Waals surface area (Å²) in [6, 6.07) is -0.210. The van der Waals surface area contributed by atoms with Crippen LogP contribution in [0.1, 0.15) is 12.8 Å². The molecule has 0 radical (unpaired) electrons. The molecule has 0 aromatic rings. The van der Waals surface area contributed by atoms with Crippen LogP contribution in [0.3, 0.4) is 0 Å². The van der Waals surface area contributed by atoms with E-state index in [1.165, 1.54) is 4.90 Å². The number of ether oxygens (including phenoxy) is 1. The number of urea groups is 1. The lowest BCUT2D eigenvalue weighted by Gasteiger charge is -2.38. The largest absolute Gasteiger partial charge is 0.479 e. The Labute approximate surface area is 123 Å². The number of amides is 3. The van der Waals surface area contributed by atoms with Crippen molar-refractivity contribution >= 4 is 17.9 Å². The van der Waals surface area contributed by atoms with Gasteiger partial charge in [-0.15, -0.1) is 0 Å². The van der Waals surface area contributed by atoms with Gasteiger partial charge in [0, 0.05) is 26.7 Å². The highest BCUT2D eigenvalue weighted by Crippen LogP contribution is 2.19. The summed E-state index contributed by atoms with van der Waals surface area (Å²) in [7, 11) is 1.59. The molecule has 21 heavy (non-hydrogen) atoms. The normalized spacial score (nSPS) is 26.3. The van der Waals surface area contributed by atoms with Crippen LogP contribution in [0.15, 0.2) is 0 Å². The molecule has 0 spiro atoms. The maximum absolute atomic E-state index is 12.4. The second-order valence-corrected chi connectivity index (χ2v) is 5.33. The molecule has 8 nitrogen and oxygen atoms in total. The summed E-state index contributed by atoms with van der Waals surface area (Å²) < 4.78 is 5.11. The lowest BCUT2D eigenvalue weighted by atomic mass is 9.97. The maximum atomic E-state index is 12.4. The van der Waals surface area contributed by atoms with Crippen molar-refractivity contribution in [3.8, 4) is 0 Å². The fraction of sp³-hybridized carbons (Fsp3) is 0.769. The van der Waals surface area contributed by atoms with Crippen LogP contribution in [0.25, 0.3) is 0 Å². The van der Waals surface area contributed by atoms with Crippen LogP contribution in [0.5, 0.6) is 0 Å². The minimum atomic E-state index is -1.06. The molecule has 0 aliphatic carbocycles. The Balaban J connectivity index is 1.95. The van der Waals surface area contributed by atoms with Crippen molar-refractivity contribution in [1.29, 1.82) is 0 Å². The van der Waals surface area contributed by atoms with E-state index in [1.807, 2.05) is 0 Å². The number of carbonyl (C=O) groups excluding carboxylic acids is 2. The highest BCUT2D eigenvalue weighted by Gasteiger charge is 2.34. The first-order valence-electron chi connectivity index (χ1n) is 7.12. The summed E-state index contributed by atoms with van der Waals surface area (Å²) in [4.78, 5) is 38.2. The Kier molecular flexibility index (Phi) is 5.00. The van der Waals surface area contributed by atoms with Crippen molar-refractivity contribution < 1.29 is 24.2 Å². The molecular weight excluding hydrogens is 278 g/mol. The number of carboxylic acid groups (broad SMARTS) is 1. The zero-order valence-corrected chi connectivity index (χ0v) is 12.1. The molecule has 0 saturated carbocycles. The smallest absolute Gasteiger partial charge is 0.334 e. The first-order valence-corrected chi connectivity index (χ1v) is 7.12. The molecule has 2 rings (SSSR count). The van der Waals surface area contributed by atoms with Crippen molar-refractivity contribution in [1.82, 2.24) is 15.1 Å². The van der Waals surface area contributed by atoms with Crippen LogP contribution >= 0.6 is 0 Å². The van der Waals surface area contributed by atoms with Gasteiger partial charge < -0.3 is 25.0 Å². The molecule has 2 fully saturated rings. The van der Waals surface area contributed by atoms with Crippen LogP contribution < -0.4 is 5.32 Å². The van der Waals surface area contributed by atoms with E-state index in [9.17, 15) is 14.4 Å². The third-order valence-electron chi connectivity index (χ3n) is 3.92. The Morgan fingerprint density at radius 3 is 2.57 bits per heavy atom. The molecular formula is C13H21N3O5. The average molecular weight is 299 g/mol. The summed E-state index contributed by atoms with van der Waals surface area (Å²) in [5, 5.41) is 11.6.